The van der Waals surface area contributed by atoms with Crippen LogP contribution >= 0.6 is 0 Å². The highest BCUT2D eigenvalue weighted by Gasteiger charge is 2.40. The third-order valence-corrected chi connectivity index (χ3v) is 6.53. The van der Waals surface area contributed by atoms with Crippen molar-refractivity contribution in [3.63, 3.8) is 0 Å². The number of aliphatic carboxylic acids is 3. The van der Waals surface area contributed by atoms with Crippen LogP contribution < -0.4 is 19.5 Å². The van der Waals surface area contributed by atoms with Gasteiger partial charge in [0.15, 0.2) is 17.1 Å². The largest absolute Gasteiger partial charge is 0.496 e. The second-order valence-corrected chi connectivity index (χ2v) is 9.24. The number of carboxylic acid groups (broad SMARTS) is 3. The summed E-state index contributed by atoms with van der Waals surface area (Å²) >= 11 is 0. The van der Waals surface area contributed by atoms with E-state index < -0.39 is 36.4 Å². The SMILES string of the molecule is COc1cc2c(cc1OC)[C@H](c1ccccc1OC)N[C@H](c1ccccn1)C2.O=C(O)CC(O)(CC(=O)O)C(=O)O. The topological polar surface area (TPSA) is 185 Å². The van der Waals surface area contributed by atoms with Crippen LogP contribution in [0.2, 0.25) is 0 Å². The first kappa shape index (κ1) is 30.9. The maximum atomic E-state index is 10.3. The van der Waals surface area contributed by atoms with Gasteiger partial charge in [-0.2, -0.15) is 0 Å². The Hall–Kier alpha value is -4.68. The normalized spacial score (nSPS) is 15.9. The Morgan fingerprint density at radius 1 is 0.854 bits per heavy atom. The number of hydrogen-bond donors (Lipinski definition) is 5. The molecule has 0 unspecified atom stereocenters. The number of hydrogen-bond acceptors (Lipinski definition) is 9. The van der Waals surface area contributed by atoms with Crippen LogP contribution in [0.25, 0.3) is 0 Å². The van der Waals surface area contributed by atoms with Gasteiger partial charge in [0.25, 0.3) is 0 Å². The zero-order chi connectivity index (χ0) is 30.2. The van der Waals surface area contributed by atoms with E-state index in [2.05, 4.69) is 34.6 Å². The molecule has 3 aromatic rings. The van der Waals surface area contributed by atoms with Crippen LogP contribution in [0.15, 0.2) is 60.8 Å². The second-order valence-electron chi connectivity index (χ2n) is 9.24. The highest BCUT2D eigenvalue weighted by molar-refractivity contribution is 5.88. The average molecular weight is 569 g/mol. The molecule has 0 radical (unpaired) electrons. The van der Waals surface area contributed by atoms with E-state index in [1.165, 1.54) is 5.56 Å². The number of rotatable bonds is 10. The number of para-hydroxylation sites is 1. The minimum absolute atomic E-state index is 0.0493. The zero-order valence-electron chi connectivity index (χ0n) is 22.7. The van der Waals surface area contributed by atoms with Gasteiger partial charge in [0.05, 0.1) is 51.9 Å². The fourth-order valence-electron chi connectivity index (χ4n) is 4.60. The standard InChI is InChI=1S/C23H24N2O3.C6H8O7/c1-26-20-10-5-4-8-16(20)23-17-14-22(28-3)21(27-2)13-15(17)12-19(25-23)18-9-6-7-11-24-18;7-3(8)1-6(13,5(11)12)2-4(9)10/h4-11,13-14,19,23,25H,12H2,1-3H3;13H,1-2H2,(H,7,8)(H,9,10)(H,11,12)/t19-,23-;/m0./s1. The van der Waals surface area contributed by atoms with Crippen LogP contribution in [0.4, 0.5) is 0 Å². The summed E-state index contributed by atoms with van der Waals surface area (Å²) in [6, 6.07) is 18.3. The maximum absolute atomic E-state index is 10.3. The van der Waals surface area contributed by atoms with Gasteiger partial charge in [-0.3, -0.25) is 19.9 Å². The summed E-state index contributed by atoms with van der Waals surface area (Å²) in [6.07, 6.45) is 0.362. The summed E-state index contributed by atoms with van der Waals surface area (Å²) in [7, 11) is 5.03. The van der Waals surface area contributed by atoms with Gasteiger partial charge in [0, 0.05) is 11.8 Å². The molecule has 5 N–H and O–H groups in total. The van der Waals surface area contributed by atoms with E-state index >= 15 is 0 Å². The zero-order valence-corrected chi connectivity index (χ0v) is 22.7. The fraction of sp³-hybridized carbons (Fsp3) is 0.310. The van der Waals surface area contributed by atoms with Crippen molar-refractivity contribution in [2.45, 2.75) is 36.9 Å². The minimum Gasteiger partial charge on any atom is -0.496 e. The molecule has 0 aliphatic carbocycles. The smallest absolute Gasteiger partial charge is 0.336 e. The Bertz CT molecular complexity index is 1360. The highest BCUT2D eigenvalue weighted by atomic mass is 16.5. The molecular weight excluding hydrogens is 536 g/mol. The number of ether oxygens (including phenoxy) is 3. The molecule has 0 saturated carbocycles. The lowest BCUT2D eigenvalue weighted by molar-refractivity contribution is -0.170. The lowest BCUT2D eigenvalue weighted by Gasteiger charge is -2.34. The number of nitrogens with one attached hydrogen (secondary N) is 1. The summed E-state index contributed by atoms with van der Waals surface area (Å²) in [5.41, 5.74) is 1.73. The number of benzene rings is 2. The molecule has 0 fully saturated rings. The van der Waals surface area contributed by atoms with E-state index in [9.17, 15) is 14.4 Å². The first-order valence-corrected chi connectivity index (χ1v) is 12.5. The van der Waals surface area contributed by atoms with Gasteiger partial charge in [-0.15, -0.1) is 0 Å². The molecule has 218 valence electrons. The summed E-state index contributed by atoms with van der Waals surface area (Å²) in [5.74, 6) is -2.71. The number of aliphatic hydroxyl groups is 1. The number of methoxy groups -OCH3 is 3. The Balaban J connectivity index is 0.000000302. The molecule has 1 aliphatic rings. The van der Waals surface area contributed by atoms with Gasteiger partial charge < -0.3 is 34.6 Å². The Morgan fingerprint density at radius 2 is 1.44 bits per heavy atom. The van der Waals surface area contributed by atoms with Crippen molar-refractivity contribution in [1.29, 1.82) is 0 Å². The van der Waals surface area contributed by atoms with Gasteiger partial charge in [0.2, 0.25) is 0 Å². The summed E-state index contributed by atoms with van der Waals surface area (Å²) in [6.45, 7) is 0. The van der Waals surface area contributed by atoms with Crippen molar-refractivity contribution < 1.29 is 49.0 Å². The first-order chi connectivity index (χ1) is 19.5. The molecule has 12 heteroatoms. The second kappa shape index (κ2) is 13.6. The number of carboxylic acids is 3. The quantitative estimate of drug-likeness (QED) is 0.241. The van der Waals surface area contributed by atoms with E-state index in [1.807, 2.05) is 36.5 Å². The van der Waals surface area contributed by atoms with Crippen molar-refractivity contribution in [2.75, 3.05) is 21.3 Å². The van der Waals surface area contributed by atoms with Crippen LogP contribution in [-0.2, 0) is 20.8 Å². The Morgan fingerprint density at radius 3 is 1.98 bits per heavy atom. The predicted octanol–water partition coefficient (Wildman–Crippen LogP) is 2.84. The first-order valence-electron chi connectivity index (χ1n) is 12.5. The van der Waals surface area contributed by atoms with E-state index in [4.69, 9.17) is 34.6 Å². The van der Waals surface area contributed by atoms with Crippen LogP contribution in [0.1, 0.15) is 47.3 Å². The molecular formula is C29H32N2O10. The highest BCUT2D eigenvalue weighted by Crippen LogP contribution is 2.42. The minimum atomic E-state index is -2.74. The predicted molar refractivity (Wildman–Crippen MR) is 145 cm³/mol. The van der Waals surface area contributed by atoms with Gasteiger partial charge in [0.1, 0.15) is 5.75 Å². The molecule has 1 aromatic heterocycles. The maximum Gasteiger partial charge on any atom is 0.336 e. The van der Waals surface area contributed by atoms with Gasteiger partial charge in [-0.1, -0.05) is 24.3 Å². The number of fused-ring (bicyclic) bond motifs is 1. The van der Waals surface area contributed by atoms with Crippen molar-refractivity contribution >= 4 is 17.9 Å². The summed E-state index contributed by atoms with van der Waals surface area (Å²) < 4.78 is 16.7. The monoisotopic (exact) mass is 568 g/mol. The van der Waals surface area contributed by atoms with E-state index in [1.54, 1.807) is 21.3 Å². The third-order valence-electron chi connectivity index (χ3n) is 6.53. The molecule has 2 aromatic carbocycles. The molecule has 41 heavy (non-hydrogen) atoms. The van der Waals surface area contributed by atoms with Crippen molar-refractivity contribution in [3.8, 4) is 17.2 Å². The average Bonchev–Trinajstić information content (AvgIpc) is 2.95. The molecule has 0 saturated heterocycles. The van der Waals surface area contributed by atoms with Crippen LogP contribution in [0.3, 0.4) is 0 Å². The van der Waals surface area contributed by atoms with Crippen LogP contribution in [0.5, 0.6) is 17.2 Å². The van der Waals surface area contributed by atoms with Crippen molar-refractivity contribution in [2.24, 2.45) is 0 Å². The van der Waals surface area contributed by atoms with Gasteiger partial charge in [-0.05, 0) is 47.9 Å². The fourth-order valence-corrected chi connectivity index (χ4v) is 4.60. The van der Waals surface area contributed by atoms with Crippen molar-refractivity contribution in [3.05, 3.63) is 83.2 Å². The third kappa shape index (κ3) is 7.50. The van der Waals surface area contributed by atoms with Crippen molar-refractivity contribution in [1.82, 2.24) is 10.3 Å². The summed E-state index contributed by atoms with van der Waals surface area (Å²) in [4.78, 5) is 35.1. The molecule has 0 bridgehead atoms. The molecule has 0 spiro atoms. The number of nitrogens with zero attached hydrogens (tertiary/aromatic N) is 1. The van der Waals surface area contributed by atoms with Crippen LogP contribution in [-0.4, -0.2) is 70.2 Å². The number of pyridine rings is 1. The van der Waals surface area contributed by atoms with E-state index in [-0.39, 0.29) is 12.1 Å². The van der Waals surface area contributed by atoms with Gasteiger partial charge in [-0.25, -0.2) is 4.79 Å². The lowest BCUT2D eigenvalue weighted by atomic mass is 9.85. The molecule has 1 aliphatic heterocycles. The molecule has 0 amide bonds. The number of aromatic nitrogens is 1. The summed E-state index contributed by atoms with van der Waals surface area (Å²) in [5, 5.41) is 37.6. The Labute approximate surface area is 236 Å². The molecule has 2 heterocycles. The van der Waals surface area contributed by atoms with Gasteiger partial charge >= 0.3 is 17.9 Å². The van der Waals surface area contributed by atoms with E-state index in [0.29, 0.717) is 0 Å². The molecule has 4 rings (SSSR count). The molecule has 2 atom stereocenters. The Kier molecular flexibility index (Phi) is 10.2. The van der Waals surface area contributed by atoms with E-state index in [0.717, 1.165) is 40.5 Å². The lowest BCUT2D eigenvalue weighted by Crippen LogP contribution is -2.42. The van der Waals surface area contributed by atoms with Crippen LogP contribution in [0, 0.1) is 0 Å². The molecule has 12 nitrogen and oxygen atoms in total. The number of carbonyl (C=O) groups is 3.